The average molecular weight is 321 g/mol. The molecule has 8 heteroatoms. The maximum atomic E-state index is 13.1. The summed E-state index contributed by atoms with van der Waals surface area (Å²) >= 11 is 0. The lowest BCUT2D eigenvalue weighted by Crippen LogP contribution is -2.29. The highest BCUT2D eigenvalue weighted by Crippen LogP contribution is 2.12. The number of urea groups is 1. The number of aryl methyl sites for hydroxylation is 1. The van der Waals surface area contributed by atoms with Gasteiger partial charge in [0.1, 0.15) is 11.6 Å². The van der Waals surface area contributed by atoms with E-state index in [0.29, 0.717) is 11.6 Å². The molecule has 0 bridgehead atoms. The van der Waals surface area contributed by atoms with Gasteiger partial charge in [-0.2, -0.15) is 0 Å². The number of halogens is 2. The van der Waals surface area contributed by atoms with Gasteiger partial charge in [-0.25, -0.2) is 23.5 Å². The zero-order chi connectivity index (χ0) is 17.0. The van der Waals surface area contributed by atoms with Gasteiger partial charge in [0.2, 0.25) is 5.95 Å². The largest absolute Gasteiger partial charge is 0.347 e. The second-order valence-corrected chi connectivity index (χ2v) is 5.16. The fourth-order valence-electron chi connectivity index (χ4n) is 1.88. The van der Waals surface area contributed by atoms with Crippen molar-refractivity contribution < 1.29 is 13.6 Å². The van der Waals surface area contributed by atoms with E-state index in [2.05, 4.69) is 20.6 Å². The molecule has 1 heterocycles. The van der Waals surface area contributed by atoms with Crippen molar-refractivity contribution in [1.82, 2.24) is 15.3 Å². The van der Waals surface area contributed by atoms with Crippen LogP contribution in [-0.2, 0) is 6.54 Å². The fourth-order valence-corrected chi connectivity index (χ4v) is 1.88. The Labute approximate surface area is 132 Å². The molecule has 6 nitrogen and oxygen atoms in total. The van der Waals surface area contributed by atoms with E-state index in [-0.39, 0.29) is 12.2 Å². The van der Waals surface area contributed by atoms with Crippen LogP contribution in [0.15, 0.2) is 24.3 Å². The number of aromatic nitrogens is 2. The van der Waals surface area contributed by atoms with Crippen LogP contribution in [0.2, 0.25) is 0 Å². The quantitative estimate of drug-likeness (QED) is 0.907. The second-order valence-electron chi connectivity index (χ2n) is 5.16. The summed E-state index contributed by atoms with van der Waals surface area (Å²) in [5.41, 5.74) is 1.43. The Morgan fingerprint density at radius 1 is 1.13 bits per heavy atom. The first-order valence-electron chi connectivity index (χ1n) is 6.86. The number of amides is 2. The van der Waals surface area contributed by atoms with Gasteiger partial charge < -0.3 is 15.5 Å². The lowest BCUT2D eigenvalue weighted by Gasteiger charge is -2.13. The molecule has 0 fully saturated rings. The van der Waals surface area contributed by atoms with Gasteiger partial charge in [-0.05, 0) is 25.1 Å². The topological polar surface area (TPSA) is 70.2 Å². The summed E-state index contributed by atoms with van der Waals surface area (Å²) in [6.07, 6.45) is 0. The van der Waals surface area contributed by atoms with Crippen molar-refractivity contribution >= 4 is 17.7 Å². The number of carbonyl (C=O) groups is 1. The van der Waals surface area contributed by atoms with E-state index in [4.69, 9.17) is 0 Å². The van der Waals surface area contributed by atoms with E-state index in [9.17, 15) is 13.6 Å². The van der Waals surface area contributed by atoms with Crippen LogP contribution in [0, 0.1) is 18.6 Å². The molecule has 0 radical (unpaired) electrons. The smallest absolute Gasteiger partial charge is 0.319 e. The predicted molar refractivity (Wildman–Crippen MR) is 83.3 cm³/mol. The predicted octanol–water partition coefficient (Wildman–Crippen LogP) is 2.45. The Kier molecular flexibility index (Phi) is 5.05. The lowest BCUT2D eigenvalue weighted by atomic mass is 10.3. The van der Waals surface area contributed by atoms with Crippen molar-refractivity contribution in [3.05, 3.63) is 47.3 Å². The van der Waals surface area contributed by atoms with E-state index in [0.717, 1.165) is 23.9 Å². The molecule has 0 saturated heterocycles. The van der Waals surface area contributed by atoms with E-state index in [1.807, 2.05) is 21.0 Å². The molecule has 1 aromatic carbocycles. The summed E-state index contributed by atoms with van der Waals surface area (Å²) in [5.74, 6) is -0.987. The van der Waals surface area contributed by atoms with E-state index >= 15 is 0 Å². The van der Waals surface area contributed by atoms with Gasteiger partial charge in [0.25, 0.3) is 0 Å². The normalized spacial score (nSPS) is 10.3. The molecule has 122 valence electrons. The first-order chi connectivity index (χ1) is 10.8. The molecule has 23 heavy (non-hydrogen) atoms. The third-order valence-corrected chi connectivity index (χ3v) is 2.85. The third-order valence-electron chi connectivity index (χ3n) is 2.85. The standard InChI is InChI=1S/C15H17F2N5O/c1-9-4-13(20-14(19-9)22(2)3)8-18-15(23)21-12-6-10(16)5-11(17)7-12/h4-7H,8H2,1-3H3,(H2,18,21,23). The Hall–Kier alpha value is -2.77. The van der Waals surface area contributed by atoms with Gasteiger partial charge >= 0.3 is 6.03 Å². The van der Waals surface area contributed by atoms with Crippen LogP contribution in [-0.4, -0.2) is 30.1 Å². The van der Waals surface area contributed by atoms with Crippen molar-refractivity contribution in [2.24, 2.45) is 0 Å². The number of nitrogens with one attached hydrogen (secondary N) is 2. The Morgan fingerprint density at radius 2 is 1.78 bits per heavy atom. The summed E-state index contributed by atoms with van der Waals surface area (Å²) in [5, 5.41) is 4.94. The van der Waals surface area contributed by atoms with E-state index in [1.165, 1.54) is 0 Å². The summed E-state index contributed by atoms with van der Waals surface area (Å²) in [6.45, 7) is 1.99. The minimum absolute atomic E-state index is 0.0350. The Balaban J connectivity index is 1.99. The van der Waals surface area contributed by atoms with Gasteiger partial charge in [-0.1, -0.05) is 0 Å². The number of benzene rings is 1. The molecule has 2 N–H and O–H groups in total. The maximum Gasteiger partial charge on any atom is 0.319 e. The van der Waals surface area contributed by atoms with Crippen molar-refractivity contribution in [2.45, 2.75) is 13.5 Å². The minimum atomic E-state index is -0.762. The molecule has 0 atom stereocenters. The van der Waals surface area contributed by atoms with Gasteiger partial charge in [-0.3, -0.25) is 0 Å². The number of hydrogen-bond donors (Lipinski definition) is 2. The zero-order valence-corrected chi connectivity index (χ0v) is 13.0. The second kappa shape index (κ2) is 6.99. The highest BCUT2D eigenvalue weighted by atomic mass is 19.1. The van der Waals surface area contributed by atoms with Crippen molar-refractivity contribution in [3.63, 3.8) is 0 Å². The molecule has 0 aliphatic carbocycles. The minimum Gasteiger partial charge on any atom is -0.347 e. The molecular weight excluding hydrogens is 304 g/mol. The molecular formula is C15H17F2N5O. The molecule has 2 amide bonds. The SMILES string of the molecule is Cc1cc(CNC(=O)Nc2cc(F)cc(F)c2)nc(N(C)C)n1. The molecule has 0 spiro atoms. The van der Waals surface area contributed by atoms with Crippen LogP contribution in [0.5, 0.6) is 0 Å². The van der Waals surface area contributed by atoms with Crippen LogP contribution in [0.1, 0.15) is 11.4 Å². The Morgan fingerprint density at radius 3 is 2.39 bits per heavy atom. The molecule has 2 rings (SSSR count). The summed E-state index contributed by atoms with van der Waals surface area (Å²) in [7, 11) is 3.63. The zero-order valence-electron chi connectivity index (χ0n) is 13.0. The van der Waals surface area contributed by atoms with Crippen LogP contribution < -0.4 is 15.5 Å². The highest BCUT2D eigenvalue weighted by molar-refractivity contribution is 5.89. The maximum absolute atomic E-state index is 13.1. The molecule has 0 aliphatic rings. The van der Waals surface area contributed by atoms with Crippen LogP contribution in [0.3, 0.4) is 0 Å². The van der Waals surface area contributed by atoms with Crippen molar-refractivity contribution in [2.75, 3.05) is 24.3 Å². The fraction of sp³-hybridized carbons (Fsp3) is 0.267. The number of nitrogens with zero attached hydrogens (tertiary/aromatic N) is 3. The number of hydrogen-bond acceptors (Lipinski definition) is 4. The van der Waals surface area contributed by atoms with Crippen LogP contribution in [0.25, 0.3) is 0 Å². The Bertz CT molecular complexity index is 701. The molecule has 2 aromatic rings. The number of carbonyl (C=O) groups excluding carboxylic acids is 1. The number of rotatable bonds is 4. The van der Waals surface area contributed by atoms with Gasteiger partial charge in [0.15, 0.2) is 0 Å². The monoisotopic (exact) mass is 321 g/mol. The molecule has 0 unspecified atom stereocenters. The first kappa shape index (κ1) is 16.6. The highest BCUT2D eigenvalue weighted by Gasteiger charge is 2.08. The van der Waals surface area contributed by atoms with Crippen molar-refractivity contribution in [3.8, 4) is 0 Å². The van der Waals surface area contributed by atoms with Gasteiger partial charge in [-0.15, -0.1) is 0 Å². The molecule has 0 aliphatic heterocycles. The summed E-state index contributed by atoms with van der Waals surface area (Å²) < 4.78 is 26.1. The third kappa shape index (κ3) is 4.87. The van der Waals surface area contributed by atoms with Crippen LogP contribution >= 0.6 is 0 Å². The summed E-state index contributed by atoms with van der Waals surface area (Å²) in [6, 6.07) is 3.95. The summed E-state index contributed by atoms with van der Waals surface area (Å²) in [4.78, 5) is 22.1. The van der Waals surface area contributed by atoms with Gasteiger partial charge in [0, 0.05) is 31.5 Å². The molecule has 1 aromatic heterocycles. The lowest BCUT2D eigenvalue weighted by molar-refractivity contribution is 0.251. The first-order valence-corrected chi connectivity index (χ1v) is 6.86. The van der Waals surface area contributed by atoms with Gasteiger partial charge in [0.05, 0.1) is 12.2 Å². The van der Waals surface area contributed by atoms with E-state index in [1.54, 1.807) is 11.0 Å². The number of anilines is 2. The van der Waals surface area contributed by atoms with Crippen LogP contribution in [0.4, 0.5) is 25.2 Å². The average Bonchev–Trinajstić information content (AvgIpc) is 2.43. The van der Waals surface area contributed by atoms with E-state index < -0.39 is 17.7 Å². The van der Waals surface area contributed by atoms with Crippen molar-refractivity contribution in [1.29, 1.82) is 0 Å². The molecule has 0 saturated carbocycles.